The highest BCUT2D eigenvalue weighted by molar-refractivity contribution is 6.05. The van der Waals surface area contributed by atoms with Crippen LogP contribution in [-0.2, 0) is 6.54 Å². The van der Waals surface area contributed by atoms with Gasteiger partial charge in [0.2, 0.25) is 5.43 Å². The minimum absolute atomic E-state index is 0.0355. The van der Waals surface area contributed by atoms with Crippen LogP contribution in [0, 0.1) is 5.82 Å². The number of hydrogen-bond acceptors (Lipinski definition) is 3. The van der Waals surface area contributed by atoms with E-state index in [0.29, 0.717) is 6.54 Å². The van der Waals surface area contributed by atoms with Crippen molar-refractivity contribution in [1.29, 1.82) is 0 Å². The first-order chi connectivity index (χ1) is 10.5. The Morgan fingerprint density at radius 3 is 2.77 bits per heavy atom. The Balaban J connectivity index is 2.64. The number of carbonyl (C=O) groups is 1. The summed E-state index contributed by atoms with van der Waals surface area (Å²) in [5, 5.41) is 8.84. The number of halogens is 1. The zero-order chi connectivity index (χ0) is 16.0. The molecule has 2 N–H and O–H groups in total. The van der Waals surface area contributed by atoms with Crippen LogP contribution in [-0.4, -0.2) is 20.6 Å². The smallest absolute Gasteiger partial charge is 0.341 e. The summed E-state index contributed by atoms with van der Waals surface area (Å²) >= 11 is 0. The van der Waals surface area contributed by atoms with Gasteiger partial charge in [0.1, 0.15) is 11.4 Å². The Labute approximate surface area is 122 Å². The summed E-state index contributed by atoms with van der Waals surface area (Å²) in [7, 11) is 0. The molecule has 0 unspecified atom stereocenters. The molecular formula is C15H11FN2O4. The molecule has 3 rings (SSSR count). The van der Waals surface area contributed by atoms with E-state index in [9.17, 15) is 18.8 Å². The Bertz CT molecular complexity index is 1050. The van der Waals surface area contributed by atoms with E-state index in [1.54, 1.807) is 11.5 Å². The number of aryl methyl sites for hydroxylation is 1. The fraction of sp³-hybridized carbons (Fsp3) is 0.133. The van der Waals surface area contributed by atoms with E-state index in [2.05, 4.69) is 4.98 Å². The standard InChI is InChI=1S/C15H11FN2O4/c1-2-18-4-3-10(19)11-12-7(5-9(16)13(11)18)14(20)8(6-17-12)15(21)22/h3-6H,2H2,1H3,(H,17,20)(H,21,22). The number of hydrogen-bond donors (Lipinski definition) is 2. The van der Waals surface area contributed by atoms with Crippen molar-refractivity contribution in [3.05, 3.63) is 56.4 Å². The van der Waals surface area contributed by atoms with Gasteiger partial charge in [-0.2, -0.15) is 0 Å². The number of aromatic nitrogens is 2. The second-order valence-electron chi connectivity index (χ2n) is 4.81. The van der Waals surface area contributed by atoms with Crippen molar-refractivity contribution in [2.75, 3.05) is 0 Å². The molecule has 2 heterocycles. The van der Waals surface area contributed by atoms with Crippen LogP contribution in [0.3, 0.4) is 0 Å². The molecule has 0 aliphatic rings. The van der Waals surface area contributed by atoms with Crippen molar-refractivity contribution >= 4 is 27.8 Å². The van der Waals surface area contributed by atoms with Crippen LogP contribution in [0.4, 0.5) is 4.39 Å². The van der Waals surface area contributed by atoms with Gasteiger partial charge in [0.05, 0.1) is 21.8 Å². The van der Waals surface area contributed by atoms with Crippen molar-refractivity contribution in [2.45, 2.75) is 13.5 Å². The molecule has 0 bridgehead atoms. The molecule has 112 valence electrons. The van der Waals surface area contributed by atoms with Gasteiger partial charge < -0.3 is 14.7 Å². The Kier molecular flexibility index (Phi) is 3.05. The van der Waals surface area contributed by atoms with Gasteiger partial charge in [-0.25, -0.2) is 9.18 Å². The third-order valence-corrected chi connectivity index (χ3v) is 3.61. The molecule has 6 nitrogen and oxygen atoms in total. The number of rotatable bonds is 2. The Morgan fingerprint density at radius 1 is 1.41 bits per heavy atom. The average Bonchev–Trinajstić information content (AvgIpc) is 2.48. The molecule has 0 radical (unpaired) electrons. The normalized spacial score (nSPS) is 11.2. The average molecular weight is 302 g/mol. The molecule has 0 aliphatic heterocycles. The summed E-state index contributed by atoms with van der Waals surface area (Å²) in [6.45, 7) is 2.24. The van der Waals surface area contributed by atoms with Crippen molar-refractivity contribution in [3.63, 3.8) is 0 Å². The number of nitrogens with one attached hydrogen (secondary N) is 1. The number of pyridine rings is 2. The maximum Gasteiger partial charge on any atom is 0.341 e. The second kappa shape index (κ2) is 4.80. The van der Waals surface area contributed by atoms with Gasteiger partial charge in [0, 0.05) is 25.0 Å². The lowest BCUT2D eigenvalue weighted by molar-refractivity contribution is 0.0695. The van der Waals surface area contributed by atoms with Crippen LogP contribution < -0.4 is 10.9 Å². The first kappa shape index (κ1) is 14.0. The minimum atomic E-state index is -1.41. The number of nitrogens with zero attached hydrogens (tertiary/aromatic N) is 1. The number of carboxylic acids is 1. The van der Waals surface area contributed by atoms with Crippen molar-refractivity contribution < 1.29 is 14.3 Å². The lowest BCUT2D eigenvalue weighted by Gasteiger charge is -2.11. The molecule has 7 heteroatoms. The highest BCUT2D eigenvalue weighted by Crippen LogP contribution is 2.22. The van der Waals surface area contributed by atoms with Gasteiger partial charge >= 0.3 is 5.97 Å². The summed E-state index contributed by atoms with van der Waals surface area (Å²) in [4.78, 5) is 37.9. The summed E-state index contributed by atoms with van der Waals surface area (Å²) in [6.07, 6.45) is 2.50. The molecule has 3 aromatic rings. The first-order valence-corrected chi connectivity index (χ1v) is 6.56. The minimum Gasteiger partial charge on any atom is -0.477 e. The molecule has 0 fully saturated rings. The largest absolute Gasteiger partial charge is 0.477 e. The molecule has 0 saturated heterocycles. The summed E-state index contributed by atoms with van der Waals surface area (Å²) < 4.78 is 15.9. The van der Waals surface area contributed by atoms with E-state index in [0.717, 1.165) is 12.3 Å². The summed E-state index contributed by atoms with van der Waals surface area (Å²) in [5.41, 5.74) is -1.55. The number of fused-ring (bicyclic) bond motifs is 3. The van der Waals surface area contributed by atoms with E-state index in [1.165, 1.54) is 12.3 Å². The van der Waals surface area contributed by atoms with E-state index in [1.807, 2.05) is 0 Å². The van der Waals surface area contributed by atoms with Crippen LogP contribution in [0.2, 0.25) is 0 Å². The van der Waals surface area contributed by atoms with Gasteiger partial charge in [-0.05, 0) is 13.0 Å². The molecule has 0 saturated carbocycles. The van der Waals surface area contributed by atoms with Crippen LogP contribution >= 0.6 is 0 Å². The predicted molar refractivity (Wildman–Crippen MR) is 78.9 cm³/mol. The highest BCUT2D eigenvalue weighted by Gasteiger charge is 2.18. The van der Waals surface area contributed by atoms with E-state index in [4.69, 9.17) is 5.11 Å². The molecule has 0 aliphatic carbocycles. The van der Waals surface area contributed by atoms with Gasteiger partial charge in [0.25, 0.3) is 0 Å². The Hall–Kier alpha value is -2.96. The molecule has 0 amide bonds. The zero-order valence-corrected chi connectivity index (χ0v) is 11.5. The number of benzene rings is 1. The zero-order valence-electron chi connectivity index (χ0n) is 11.5. The monoisotopic (exact) mass is 302 g/mol. The van der Waals surface area contributed by atoms with Crippen molar-refractivity contribution in [2.24, 2.45) is 0 Å². The topological polar surface area (TPSA) is 92.2 Å². The third kappa shape index (κ3) is 1.82. The lowest BCUT2D eigenvalue weighted by Crippen LogP contribution is -2.17. The van der Waals surface area contributed by atoms with E-state index >= 15 is 0 Å². The van der Waals surface area contributed by atoms with Gasteiger partial charge in [-0.15, -0.1) is 0 Å². The van der Waals surface area contributed by atoms with Crippen LogP contribution in [0.25, 0.3) is 21.8 Å². The molecule has 1 aromatic carbocycles. The Morgan fingerprint density at radius 2 is 2.14 bits per heavy atom. The van der Waals surface area contributed by atoms with Crippen LogP contribution in [0.15, 0.2) is 34.1 Å². The summed E-state index contributed by atoms with van der Waals surface area (Å²) in [6, 6.07) is 2.25. The maximum atomic E-state index is 14.4. The molecule has 22 heavy (non-hydrogen) atoms. The fourth-order valence-electron chi connectivity index (χ4n) is 2.58. The fourth-order valence-corrected chi connectivity index (χ4v) is 2.58. The van der Waals surface area contributed by atoms with Crippen molar-refractivity contribution in [3.8, 4) is 0 Å². The molecule has 0 atom stereocenters. The first-order valence-electron chi connectivity index (χ1n) is 6.56. The van der Waals surface area contributed by atoms with Gasteiger partial charge in [-0.1, -0.05) is 0 Å². The van der Waals surface area contributed by atoms with E-state index < -0.39 is 28.2 Å². The molecule has 0 spiro atoms. The predicted octanol–water partition coefficient (Wildman–Crippen LogP) is 1.70. The van der Waals surface area contributed by atoms with Gasteiger partial charge in [0.15, 0.2) is 5.43 Å². The van der Waals surface area contributed by atoms with E-state index in [-0.39, 0.29) is 21.8 Å². The maximum absolute atomic E-state index is 14.4. The summed E-state index contributed by atoms with van der Waals surface area (Å²) in [5.74, 6) is -2.15. The van der Waals surface area contributed by atoms with Crippen LogP contribution in [0.1, 0.15) is 17.3 Å². The van der Waals surface area contributed by atoms with Crippen molar-refractivity contribution in [1.82, 2.24) is 9.55 Å². The van der Waals surface area contributed by atoms with Gasteiger partial charge in [-0.3, -0.25) is 9.59 Å². The number of aromatic carboxylic acids is 1. The number of H-pyrrole nitrogens is 1. The SMILES string of the molecule is CCn1ccc(=O)c2c3[nH]cc(C(=O)O)c(=O)c3cc(F)c21. The number of carboxylic acid groups (broad SMARTS) is 1. The number of aromatic amines is 1. The third-order valence-electron chi connectivity index (χ3n) is 3.61. The lowest BCUT2D eigenvalue weighted by atomic mass is 10.1. The molecule has 2 aromatic heterocycles. The quantitative estimate of drug-likeness (QED) is 0.705. The van der Waals surface area contributed by atoms with Crippen LogP contribution in [0.5, 0.6) is 0 Å². The molecular weight excluding hydrogens is 291 g/mol. The highest BCUT2D eigenvalue weighted by atomic mass is 19.1. The second-order valence-corrected chi connectivity index (χ2v) is 4.81.